The maximum absolute atomic E-state index is 13.0. The molecule has 2 fully saturated rings. The molecule has 144 valence electrons. The van der Waals surface area contributed by atoms with Crippen molar-refractivity contribution in [1.29, 1.82) is 0 Å². The average molecular weight is 380 g/mol. The van der Waals surface area contributed by atoms with E-state index in [4.69, 9.17) is 5.73 Å². The zero-order valence-electron chi connectivity index (χ0n) is 15.4. The molecule has 0 aliphatic carbocycles. The topological polar surface area (TPSA) is 83.7 Å². The van der Waals surface area contributed by atoms with Crippen LogP contribution in [-0.2, 0) is 14.8 Å². The Balaban J connectivity index is 1.62. The molecule has 0 saturated carbocycles. The van der Waals surface area contributed by atoms with Crippen LogP contribution in [0.4, 0.5) is 0 Å². The molecule has 7 heteroatoms. The number of piperidine rings is 2. The third kappa shape index (κ3) is 3.94. The summed E-state index contributed by atoms with van der Waals surface area (Å²) >= 11 is 0. The highest BCUT2D eigenvalue weighted by molar-refractivity contribution is 7.89. The van der Waals surface area contributed by atoms with Gasteiger partial charge in [0.15, 0.2) is 0 Å². The fraction of sp³-hybridized carbons (Fsp3) is 0.632. The number of nitrogens with zero attached hydrogens (tertiary/aromatic N) is 2. The molecule has 0 aromatic heterocycles. The number of hydrogen-bond donors (Lipinski definition) is 1. The van der Waals surface area contributed by atoms with Crippen LogP contribution in [0.25, 0.3) is 0 Å². The highest BCUT2D eigenvalue weighted by atomic mass is 32.2. The summed E-state index contributed by atoms with van der Waals surface area (Å²) in [6.07, 6.45) is 3.13. The largest absolute Gasteiger partial charge is 0.338 e. The molecule has 0 spiro atoms. The van der Waals surface area contributed by atoms with Crippen LogP contribution in [0.5, 0.6) is 0 Å². The Labute approximate surface area is 156 Å². The Bertz CT molecular complexity index is 715. The molecule has 3 rings (SSSR count). The van der Waals surface area contributed by atoms with Gasteiger partial charge >= 0.3 is 0 Å². The van der Waals surface area contributed by atoms with Crippen LogP contribution in [0.15, 0.2) is 35.2 Å². The number of rotatable bonds is 4. The second-order valence-electron chi connectivity index (χ2n) is 7.54. The van der Waals surface area contributed by atoms with Crippen molar-refractivity contribution in [3.05, 3.63) is 30.3 Å². The number of amides is 1. The number of sulfonamides is 1. The van der Waals surface area contributed by atoms with Gasteiger partial charge in [-0.3, -0.25) is 4.79 Å². The minimum atomic E-state index is -3.47. The number of carbonyl (C=O) groups excluding carboxylic acids is 1. The third-order valence-electron chi connectivity index (χ3n) is 5.72. The lowest BCUT2D eigenvalue weighted by molar-refractivity contribution is -0.141. The molecule has 0 radical (unpaired) electrons. The van der Waals surface area contributed by atoms with Crippen molar-refractivity contribution in [2.24, 2.45) is 17.6 Å². The predicted octanol–water partition coefficient (Wildman–Crippen LogP) is 1.67. The minimum Gasteiger partial charge on any atom is -0.338 e. The summed E-state index contributed by atoms with van der Waals surface area (Å²) < 4.78 is 26.9. The first-order valence-electron chi connectivity index (χ1n) is 9.49. The van der Waals surface area contributed by atoms with E-state index < -0.39 is 10.0 Å². The molecule has 2 aliphatic rings. The lowest BCUT2D eigenvalue weighted by Crippen LogP contribution is -2.52. The molecule has 6 nitrogen and oxygen atoms in total. The monoisotopic (exact) mass is 379 g/mol. The van der Waals surface area contributed by atoms with Gasteiger partial charge in [0.1, 0.15) is 0 Å². The zero-order chi connectivity index (χ0) is 18.7. The van der Waals surface area contributed by atoms with Crippen LogP contribution in [0, 0.1) is 11.8 Å². The Morgan fingerprint density at radius 1 is 1.12 bits per heavy atom. The normalized spacial score (nSPS) is 26.0. The average Bonchev–Trinajstić information content (AvgIpc) is 2.68. The molecule has 2 heterocycles. The Morgan fingerprint density at radius 2 is 1.77 bits per heavy atom. The fourth-order valence-electron chi connectivity index (χ4n) is 4.08. The minimum absolute atomic E-state index is 0.0975. The van der Waals surface area contributed by atoms with E-state index in [0.29, 0.717) is 43.3 Å². The number of hydrogen-bond acceptors (Lipinski definition) is 4. The number of carbonyl (C=O) groups is 1. The SMILES string of the molecule is CC1CCN(C(=O)C2CCN(S(=O)(=O)c3ccccc3)CC2)C(CN)C1. The van der Waals surface area contributed by atoms with Crippen molar-refractivity contribution >= 4 is 15.9 Å². The molecule has 1 aromatic carbocycles. The van der Waals surface area contributed by atoms with E-state index in [9.17, 15) is 13.2 Å². The molecule has 0 bridgehead atoms. The van der Waals surface area contributed by atoms with E-state index in [1.807, 2.05) is 4.90 Å². The van der Waals surface area contributed by atoms with Crippen molar-refractivity contribution in [1.82, 2.24) is 9.21 Å². The van der Waals surface area contributed by atoms with Crippen molar-refractivity contribution in [3.63, 3.8) is 0 Å². The fourth-order valence-corrected chi connectivity index (χ4v) is 5.58. The van der Waals surface area contributed by atoms with Gasteiger partial charge in [0.25, 0.3) is 0 Å². The Hall–Kier alpha value is -1.44. The van der Waals surface area contributed by atoms with E-state index in [1.165, 1.54) is 4.31 Å². The predicted molar refractivity (Wildman–Crippen MR) is 101 cm³/mol. The van der Waals surface area contributed by atoms with E-state index in [1.54, 1.807) is 30.3 Å². The summed E-state index contributed by atoms with van der Waals surface area (Å²) in [7, 11) is -3.47. The van der Waals surface area contributed by atoms with Gasteiger partial charge in [-0.15, -0.1) is 0 Å². The smallest absolute Gasteiger partial charge is 0.243 e. The molecule has 1 amide bonds. The van der Waals surface area contributed by atoms with Crippen molar-refractivity contribution in [2.75, 3.05) is 26.2 Å². The van der Waals surface area contributed by atoms with Crippen LogP contribution < -0.4 is 5.73 Å². The molecule has 2 N–H and O–H groups in total. The first-order valence-corrected chi connectivity index (χ1v) is 10.9. The van der Waals surface area contributed by atoms with Crippen LogP contribution in [0.1, 0.15) is 32.6 Å². The summed E-state index contributed by atoms with van der Waals surface area (Å²) in [5.74, 6) is 0.661. The molecular weight excluding hydrogens is 350 g/mol. The quantitative estimate of drug-likeness (QED) is 0.863. The molecule has 2 unspecified atom stereocenters. The van der Waals surface area contributed by atoms with Gasteiger partial charge in [-0.1, -0.05) is 25.1 Å². The van der Waals surface area contributed by atoms with Crippen molar-refractivity contribution in [3.8, 4) is 0 Å². The summed E-state index contributed by atoms with van der Waals surface area (Å²) in [4.78, 5) is 15.2. The maximum atomic E-state index is 13.0. The highest BCUT2D eigenvalue weighted by Crippen LogP contribution is 2.28. The van der Waals surface area contributed by atoms with E-state index in [0.717, 1.165) is 19.4 Å². The van der Waals surface area contributed by atoms with Crippen LogP contribution in [-0.4, -0.2) is 55.8 Å². The number of nitrogens with two attached hydrogens (primary N) is 1. The Morgan fingerprint density at radius 3 is 2.38 bits per heavy atom. The molecule has 1 aromatic rings. The maximum Gasteiger partial charge on any atom is 0.243 e. The highest BCUT2D eigenvalue weighted by Gasteiger charge is 2.36. The zero-order valence-corrected chi connectivity index (χ0v) is 16.2. The molecule has 26 heavy (non-hydrogen) atoms. The second-order valence-corrected chi connectivity index (χ2v) is 9.48. The third-order valence-corrected chi connectivity index (χ3v) is 7.63. The van der Waals surface area contributed by atoms with Crippen molar-refractivity contribution < 1.29 is 13.2 Å². The molecule has 2 aliphatic heterocycles. The summed E-state index contributed by atoms with van der Waals surface area (Å²) in [5.41, 5.74) is 5.89. The number of benzene rings is 1. The molecular formula is C19H29N3O3S. The van der Waals surface area contributed by atoms with Crippen LogP contribution in [0.3, 0.4) is 0 Å². The number of likely N-dealkylation sites (tertiary alicyclic amines) is 1. The summed E-state index contributed by atoms with van der Waals surface area (Å²) in [5, 5.41) is 0. The van der Waals surface area contributed by atoms with Crippen LogP contribution in [0.2, 0.25) is 0 Å². The standard InChI is InChI=1S/C19H29N3O3S/c1-15-7-12-22(17(13-15)14-20)19(23)16-8-10-21(11-9-16)26(24,25)18-5-3-2-4-6-18/h2-6,15-17H,7-14,20H2,1H3. The van der Waals surface area contributed by atoms with Gasteiger partial charge in [-0.25, -0.2) is 8.42 Å². The van der Waals surface area contributed by atoms with Gasteiger partial charge < -0.3 is 10.6 Å². The van der Waals surface area contributed by atoms with Crippen LogP contribution >= 0.6 is 0 Å². The van der Waals surface area contributed by atoms with E-state index in [-0.39, 0.29) is 17.9 Å². The lowest BCUT2D eigenvalue weighted by Gasteiger charge is -2.41. The van der Waals surface area contributed by atoms with Crippen molar-refractivity contribution in [2.45, 2.75) is 43.5 Å². The molecule has 2 atom stereocenters. The van der Waals surface area contributed by atoms with Gasteiger partial charge in [0, 0.05) is 38.1 Å². The van der Waals surface area contributed by atoms with Gasteiger partial charge in [0.2, 0.25) is 15.9 Å². The Kier molecular flexibility index (Phi) is 5.99. The van der Waals surface area contributed by atoms with Gasteiger partial charge in [-0.2, -0.15) is 4.31 Å². The summed E-state index contributed by atoms with van der Waals surface area (Å²) in [6, 6.07) is 8.62. The first-order chi connectivity index (χ1) is 12.4. The van der Waals surface area contributed by atoms with E-state index >= 15 is 0 Å². The summed E-state index contributed by atoms with van der Waals surface area (Å²) in [6.45, 7) is 4.26. The lowest BCUT2D eigenvalue weighted by atomic mass is 9.89. The van der Waals surface area contributed by atoms with Gasteiger partial charge in [0.05, 0.1) is 4.90 Å². The van der Waals surface area contributed by atoms with Gasteiger partial charge in [-0.05, 0) is 43.7 Å². The van der Waals surface area contributed by atoms with E-state index in [2.05, 4.69) is 6.92 Å². The first kappa shape index (κ1) is 19.3. The molecule has 2 saturated heterocycles. The second kappa shape index (κ2) is 8.06.